The lowest BCUT2D eigenvalue weighted by Crippen LogP contribution is -2.52. The normalized spacial score (nSPS) is 13.7. The van der Waals surface area contributed by atoms with E-state index in [0.29, 0.717) is 12.1 Å². The molecule has 0 fully saturated rings. The van der Waals surface area contributed by atoms with Gasteiger partial charge in [-0.3, -0.25) is 25.2 Å². The molecule has 1 aromatic heterocycles. The number of aryl methyl sites for hydroxylation is 1. The van der Waals surface area contributed by atoms with Crippen molar-refractivity contribution in [1.82, 2.24) is 20.3 Å². The molecule has 208 valence electrons. The number of aromatic nitrogens is 1. The quantitative estimate of drug-likeness (QED) is 0.231. The third-order valence-electron chi connectivity index (χ3n) is 5.94. The Kier molecular flexibility index (Phi) is 12.6. The number of benzene rings is 1. The molecule has 2 rings (SSSR count). The second kappa shape index (κ2) is 15.4. The van der Waals surface area contributed by atoms with Crippen LogP contribution in [0, 0.1) is 23.7 Å². The van der Waals surface area contributed by atoms with Crippen LogP contribution >= 0.6 is 0 Å². The van der Waals surface area contributed by atoms with Crippen LogP contribution in [0.25, 0.3) is 6.08 Å². The smallest absolute Gasteiger partial charge is 0.247 e. The number of hydroxylamine groups is 1. The molecule has 0 saturated carbocycles. The molecule has 0 spiro atoms. The highest BCUT2D eigenvalue weighted by atomic mass is 32.2. The number of sulfonamides is 1. The topological polar surface area (TPSA) is 129 Å². The van der Waals surface area contributed by atoms with E-state index in [1.165, 1.54) is 0 Å². The van der Waals surface area contributed by atoms with Crippen molar-refractivity contribution in [3.8, 4) is 0 Å². The van der Waals surface area contributed by atoms with Crippen LogP contribution in [0.4, 0.5) is 0 Å². The average molecular weight is 545 g/mol. The molecule has 0 aliphatic carbocycles. The lowest BCUT2D eigenvalue weighted by Gasteiger charge is -2.30. The highest BCUT2D eigenvalue weighted by Crippen LogP contribution is 2.26. The molecule has 0 aliphatic rings. The van der Waals surface area contributed by atoms with E-state index in [1.54, 1.807) is 36.0 Å². The fourth-order valence-electron chi connectivity index (χ4n) is 4.07. The van der Waals surface area contributed by atoms with E-state index in [2.05, 4.69) is 10.4 Å². The summed E-state index contributed by atoms with van der Waals surface area (Å²) >= 11 is 0. The molecule has 2 atom stereocenters. The Morgan fingerprint density at radius 2 is 1.66 bits per heavy atom. The lowest BCUT2D eigenvalue weighted by atomic mass is 9.82. The molecule has 3 N–H and O–H groups in total. The standard InChI is InChI=1S/C28H40N4O5S/c1-21(2)19-26(25(28(34)31-35)15-10-13-23-11-6-5-7-12-23)27(33)30-32(20-22(3)4)38(36,37)18-16-24-14-8-9-17-29-24/h5-14,17,21-22,25-26,35H,15-16,18-20H2,1-4H3,(H,30,33)(H,31,34)/b13-10+/t25-,26+/m0/s1. The predicted octanol–water partition coefficient (Wildman–Crippen LogP) is 3.83. The number of nitrogens with zero attached hydrogens (tertiary/aromatic N) is 2. The molecule has 0 radical (unpaired) electrons. The van der Waals surface area contributed by atoms with Crippen LogP contribution in [0.3, 0.4) is 0 Å². The Balaban J connectivity index is 2.27. The molecule has 0 aliphatic heterocycles. The van der Waals surface area contributed by atoms with Crippen LogP contribution in [0.15, 0.2) is 60.8 Å². The van der Waals surface area contributed by atoms with E-state index in [9.17, 15) is 23.2 Å². The molecule has 0 unspecified atom stereocenters. The lowest BCUT2D eigenvalue weighted by molar-refractivity contribution is -0.141. The third kappa shape index (κ3) is 10.4. The first-order valence-electron chi connectivity index (χ1n) is 12.9. The summed E-state index contributed by atoms with van der Waals surface area (Å²) in [6.07, 6.45) is 5.93. The molecule has 38 heavy (non-hydrogen) atoms. The Labute approximate surface area is 226 Å². The van der Waals surface area contributed by atoms with Gasteiger partial charge >= 0.3 is 0 Å². The van der Waals surface area contributed by atoms with Gasteiger partial charge < -0.3 is 0 Å². The van der Waals surface area contributed by atoms with Crippen LogP contribution in [0.5, 0.6) is 0 Å². The molecular formula is C28H40N4O5S. The Bertz CT molecular complexity index is 1140. The molecule has 1 aromatic carbocycles. The summed E-state index contributed by atoms with van der Waals surface area (Å²) < 4.78 is 27.5. The number of hydrogen-bond donors (Lipinski definition) is 3. The van der Waals surface area contributed by atoms with E-state index in [0.717, 1.165) is 9.98 Å². The van der Waals surface area contributed by atoms with Crippen molar-refractivity contribution >= 4 is 27.9 Å². The predicted molar refractivity (Wildman–Crippen MR) is 148 cm³/mol. The van der Waals surface area contributed by atoms with E-state index in [4.69, 9.17) is 0 Å². The van der Waals surface area contributed by atoms with Crippen LogP contribution < -0.4 is 10.9 Å². The van der Waals surface area contributed by atoms with Crippen LogP contribution in [0.1, 0.15) is 51.8 Å². The number of nitrogens with one attached hydrogen (secondary N) is 2. The summed E-state index contributed by atoms with van der Waals surface area (Å²) in [4.78, 5) is 30.4. The largest absolute Gasteiger partial charge is 0.289 e. The zero-order valence-electron chi connectivity index (χ0n) is 22.6. The zero-order chi connectivity index (χ0) is 28.1. The summed E-state index contributed by atoms with van der Waals surface area (Å²) in [6.45, 7) is 7.63. The maximum Gasteiger partial charge on any atom is 0.247 e. The van der Waals surface area contributed by atoms with E-state index >= 15 is 0 Å². The number of allylic oxidation sites excluding steroid dienone is 1. The molecule has 0 saturated heterocycles. The second-order valence-electron chi connectivity index (χ2n) is 10.2. The summed E-state index contributed by atoms with van der Waals surface area (Å²) in [7, 11) is -3.88. The summed E-state index contributed by atoms with van der Waals surface area (Å²) in [5, 5.41) is 9.43. The third-order valence-corrected chi connectivity index (χ3v) is 7.57. The first-order valence-corrected chi connectivity index (χ1v) is 14.5. The van der Waals surface area contributed by atoms with Gasteiger partial charge in [0.2, 0.25) is 21.8 Å². The van der Waals surface area contributed by atoms with Crippen molar-refractivity contribution in [1.29, 1.82) is 0 Å². The number of rotatable bonds is 15. The highest BCUT2D eigenvalue weighted by molar-refractivity contribution is 7.89. The Morgan fingerprint density at radius 3 is 2.24 bits per heavy atom. The van der Waals surface area contributed by atoms with Crippen molar-refractivity contribution in [2.24, 2.45) is 23.7 Å². The molecule has 2 aromatic rings. The van der Waals surface area contributed by atoms with Gasteiger partial charge in [-0.2, -0.15) is 0 Å². The van der Waals surface area contributed by atoms with Gasteiger partial charge in [0.1, 0.15) is 0 Å². The SMILES string of the molecule is CC(C)C[C@@H](C(=O)NN(CC(C)C)S(=O)(=O)CCc1ccccn1)[C@H](C/C=C/c1ccccc1)C(=O)NO. The molecule has 9 nitrogen and oxygen atoms in total. The van der Waals surface area contributed by atoms with E-state index in [1.807, 2.05) is 64.1 Å². The maximum atomic E-state index is 13.6. The number of carbonyl (C=O) groups is 2. The molecular weight excluding hydrogens is 504 g/mol. The van der Waals surface area contributed by atoms with Crippen LogP contribution in [-0.4, -0.2) is 47.1 Å². The van der Waals surface area contributed by atoms with Gasteiger partial charge in [-0.05, 0) is 42.4 Å². The minimum absolute atomic E-state index is 0.0390. The fourth-order valence-corrected chi connectivity index (χ4v) is 5.51. The Morgan fingerprint density at radius 1 is 0.974 bits per heavy atom. The molecule has 1 heterocycles. The van der Waals surface area contributed by atoms with E-state index in [-0.39, 0.29) is 37.0 Å². The maximum absolute atomic E-state index is 13.6. The van der Waals surface area contributed by atoms with Gasteiger partial charge in [-0.15, -0.1) is 4.41 Å². The van der Waals surface area contributed by atoms with E-state index < -0.39 is 33.7 Å². The average Bonchev–Trinajstić information content (AvgIpc) is 2.89. The number of hydrazine groups is 1. The van der Waals surface area contributed by atoms with Crippen molar-refractivity contribution in [3.63, 3.8) is 0 Å². The number of hydrogen-bond acceptors (Lipinski definition) is 6. The van der Waals surface area contributed by atoms with Crippen molar-refractivity contribution in [3.05, 3.63) is 72.1 Å². The first kappa shape index (κ1) is 31.1. The molecule has 0 bridgehead atoms. The second-order valence-corrected chi connectivity index (χ2v) is 12.2. The van der Waals surface area contributed by atoms with Crippen molar-refractivity contribution < 1.29 is 23.2 Å². The molecule has 10 heteroatoms. The summed E-state index contributed by atoms with van der Waals surface area (Å²) in [6, 6.07) is 14.8. The van der Waals surface area contributed by atoms with Gasteiger partial charge in [0.05, 0.1) is 17.6 Å². The molecule has 2 amide bonds. The monoisotopic (exact) mass is 544 g/mol. The minimum Gasteiger partial charge on any atom is -0.289 e. The number of amides is 2. The van der Waals surface area contributed by atoms with Gasteiger partial charge in [-0.1, -0.05) is 76.2 Å². The summed E-state index contributed by atoms with van der Waals surface area (Å²) in [5.41, 5.74) is 5.85. The van der Waals surface area contributed by atoms with Crippen LogP contribution in [-0.2, 0) is 26.0 Å². The minimum atomic E-state index is -3.88. The van der Waals surface area contributed by atoms with Crippen molar-refractivity contribution in [2.45, 2.75) is 47.0 Å². The summed E-state index contributed by atoms with van der Waals surface area (Å²) in [5.74, 6) is -3.31. The van der Waals surface area contributed by atoms with Gasteiger partial charge in [-0.25, -0.2) is 13.9 Å². The fraction of sp³-hybridized carbons (Fsp3) is 0.464. The van der Waals surface area contributed by atoms with Crippen LogP contribution in [0.2, 0.25) is 0 Å². The number of pyridine rings is 1. The first-order chi connectivity index (χ1) is 18.0. The number of carbonyl (C=O) groups excluding carboxylic acids is 2. The zero-order valence-corrected chi connectivity index (χ0v) is 23.4. The van der Waals surface area contributed by atoms with Crippen molar-refractivity contribution in [2.75, 3.05) is 12.3 Å². The van der Waals surface area contributed by atoms with Gasteiger partial charge in [0.25, 0.3) is 0 Å². The Hall–Kier alpha value is -3.08. The van der Waals surface area contributed by atoms with Gasteiger partial charge in [0.15, 0.2) is 0 Å². The van der Waals surface area contributed by atoms with Gasteiger partial charge in [0, 0.05) is 24.9 Å². The highest BCUT2D eigenvalue weighted by Gasteiger charge is 2.36.